The van der Waals surface area contributed by atoms with Crippen molar-refractivity contribution in [1.82, 2.24) is 0 Å². The second-order valence-corrected chi connectivity index (χ2v) is 5.33. The molecule has 0 unspecified atom stereocenters. The van der Waals surface area contributed by atoms with Gasteiger partial charge < -0.3 is 10.5 Å². The van der Waals surface area contributed by atoms with E-state index >= 15 is 0 Å². The highest BCUT2D eigenvalue weighted by Gasteiger charge is 2.19. The zero-order chi connectivity index (χ0) is 12.2. The van der Waals surface area contributed by atoms with Crippen LogP contribution in [-0.2, 0) is 9.84 Å². The van der Waals surface area contributed by atoms with Crippen LogP contribution in [0.15, 0.2) is 23.1 Å². The van der Waals surface area contributed by atoms with Crippen molar-refractivity contribution >= 4 is 9.84 Å². The van der Waals surface area contributed by atoms with E-state index in [2.05, 4.69) is 0 Å². The van der Waals surface area contributed by atoms with Gasteiger partial charge in [-0.25, -0.2) is 12.8 Å². The smallest absolute Gasteiger partial charge is 0.182 e. The van der Waals surface area contributed by atoms with Crippen LogP contribution in [0.4, 0.5) is 4.39 Å². The van der Waals surface area contributed by atoms with Crippen LogP contribution in [0.3, 0.4) is 0 Å². The Balaban J connectivity index is 3.15. The fourth-order valence-corrected chi connectivity index (χ4v) is 2.79. The summed E-state index contributed by atoms with van der Waals surface area (Å²) in [5.41, 5.74) is 5.24. The van der Waals surface area contributed by atoms with Gasteiger partial charge in [0.2, 0.25) is 0 Å². The van der Waals surface area contributed by atoms with E-state index < -0.39 is 15.7 Å². The Morgan fingerprint density at radius 1 is 1.44 bits per heavy atom. The van der Waals surface area contributed by atoms with E-state index in [4.69, 9.17) is 10.5 Å². The van der Waals surface area contributed by atoms with Crippen LogP contribution in [-0.4, -0.2) is 27.8 Å². The van der Waals surface area contributed by atoms with Crippen molar-refractivity contribution < 1.29 is 17.5 Å². The number of sulfone groups is 1. The molecule has 0 saturated heterocycles. The maximum atomic E-state index is 13.0. The first kappa shape index (κ1) is 12.9. The summed E-state index contributed by atoms with van der Waals surface area (Å²) in [6.07, 6.45) is 0.335. The van der Waals surface area contributed by atoms with Gasteiger partial charge in [-0.3, -0.25) is 0 Å². The quantitative estimate of drug-likeness (QED) is 0.841. The molecule has 1 aromatic carbocycles. The van der Waals surface area contributed by atoms with E-state index in [1.165, 1.54) is 13.2 Å². The van der Waals surface area contributed by atoms with E-state index in [1.807, 2.05) is 0 Å². The zero-order valence-corrected chi connectivity index (χ0v) is 9.76. The molecule has 0 amide bonds. The normalized spacial score (nSPS) is 11.4. The number of hydrogen-bond acceptors (Lipinski definition) is 4. The van der Waals surface area contributed by atoms with Gasteiger partial charge in [-0.05, 0) is 31.2 Å². The Labute approximate surface area is 94.1 Å². The number of nitrogens with two attached hydrogens (primary N) is 1. The molecule has 0 aliphatic rings. The van der Waals surface area contributed by atoms with Crippen LogP contribution in [0.25, 0.3) is 0 Å². The summed E-state index contributed by atoms with van der Waals surface area (Å²) in [5.74, 6) is -0.561. The summed E-state index contributed by atoms with van der Waals surface area (Å²) in [4.78, 5) is -0.122. The Hall–Kier alpha value is -1.14. The SMILES string of the molecule is COc1ccc(F)cc1S(=O)(=O)CCCN. The van der Waals surface area contributed by atoms with Gasteiger partial charge in [-0.1, -0.05) is 0 Å². The summed E-state index contributed by atoms with van der Waals surface area (Å²) in [6, 6.07) is 3.41. The highest BCUT2D eigenvalue weighted by molar-refractivity contribution is 7.91. The Kier molecular flexibility index (Phi) is 4.26. The van der Waals surface area contributed by atoms with Crippen molar-refractivity contribution in [3.63, 3.8) is 0 Å². The van der Waals surface area contributed by atoms with Gasteiger partial charge in [0.15, 0.2) is 9.84 Å². The van der Waals surface area contributed by atoms with Gasteiger partial charge in [0.25, 0.3) is 0 Å². The van der Waals surface area contributed by atoms with Gasteiger partial charge in [0.05, 0.1) is 12.9 Å². The molecule has 0 saturated carbocycles. The van der Waals surface area contributed by atoms with Gasteiger partial charge in [-0.2, -0.15) is 0 Å². The van der Waals surface area contributed by atoms with E-state index in [9.17, 15) is 12.8 Å². The lowest BCUT2D eigenvalue weighted by Gasteiger charge is -2.09. The van der Waals surface area contributed by atoms with Crippen molar-refractivity contribution in [3.05, 3.63) is 24.0 Å². The van der Waals surface area contributed by atoms with Gasteiger partial charge in [0, 0.05) is 0 Å². The van der Waals surface area contributed by atoms with Crippen LogP contribution in [0, 0.1) is 5.82 Å². The van der Waals surface area contributed by atoms with Crippen molar-refractivity contribution in [2.75, 3.05) is 19.4 Å². The maximum absolute atomic E-state index is 13.0. The lowest BCUT2D eigenvalue weighted by molar-refractivity contribution is 0.401. The average molecular weight is 247 g/mol. The molecule has 0 aromatic heterocycles. The summed E-state index contributed by atoms with van der Waals surface area (Å²) >= 11 is 0. The van der Waals surface area contributed by atoms with Crippen LogP contribution < -0.4 is 10.5 Å². The monoisotopic (exact) mass is 247 g/mol. The summed E-state index contributed by atoms with van der Waals surface area (Å²) < 4.78 is 41.5. The van der Waals surface area contributed by atoms with Gasteiger partial charge in [-0.15, -0.1) is 0 Å². The van der Waals surface area contributed by atoms with Crippen LogP contribution in [0.5, 0.6) is 5.75 Å². The molecule has 0 aliphatic carbocycles. The first-order chi connectivity index (χ1) is 7.51. The molecule has 90 valence electrons. The largest absolute Gasteiger partial charge is 0.495 e. The number of rotatable bonds is 5. The molecule has 0 atom stereocenters. The number of hydrogen-bond donors (Lipinski definition) is 1. The first-order valence-electron chi connectivity index (χ1n) is 4.77. The fraction of sp³-hybridized carbons (Fsp3) is 0.400. The van der Waals surface area contributed by atoms with E-state index in [1.54, 1.807) is 0 Å². The van der Waals surface area contributed by atoms with E-state index in [0.29, 0.717) is 6.42 Å². The molecule has 16 heavy (non-hydrogen) atoms. The second-order valence-electron chi connectivity index (χ2n) is 3.26. The highest BCUT2D eigenvalue weighted by atomic mass is 32.2. The van der Waals surface area contributed by atoms with Gasteiger partial charge in [0.1, 0.15) is 16.5 Å². The van der Waals surface area contributed by atoms with Crippen LogP contribution in [0.2, 0.25) is 0 Å². The lowest BCUT2D eigenvalue weighted by atomic mass is 10.3. The molecule has 0 heterocycles. The minimum Gasteiger partial charge on any atom is -0.495 e. The topological polar surface area (TPSA) is 69.4 Å². The molecule has 1 rings (SSSR count). The first-order valence-corrected chi connectivity index (χ1v) is 6.43. The predicted octanol–water partition coefficient (Wildman–Crippen LogP) is 0.957. The van der Waals surface area contributed by atoms with Gasteiger partial charge >= 0.3 is 0 Å². The maximum Gasteiger partial charge on any atom is 0.182 e. The Morgan fingerprint density at radius 3 is 2.69 bits per heavy atom. The van der Waals surface area contributed by atoms with Crippen LogP contribution >= 0.6 is 0 Å². The predicted molar refractivity (Wildman–Crippen MR) is 58.7 cm³/mol. The number of methoxy groups -OCH3 is 1. The van der Waals surface area contributed by atoms with Crippen molar-refractivity contribution in [2.45, 2.75) is 11.3 Å². The van der Waals surface area contributed by atoms with Crippen LogP contribution in [0.1, 0.15) is 6.42 Å². The molecular formula is C10H14FNO3S. The van der Waals surface area contributed by atoms with Crippen molar-refractivity contribution in [3.8, 4) is 5.75 Å². The number of ether oxygens (including phenoxy) is 1. The van der Waals surface area contributed by atoms with Crippen molar-refractivity contribution in [2.24, 2.45) is 5.73 Å². The van der Waals surface area contributed by atoms with Crippen molar-refractivity contribution in [1.29, 1.82) is 0 Å². The third-order valence-electron chi connectivity index (χ3n) is 2.08. The second kappa shape index (κ2) is 5.27. The average Bonchev–Trinajstić information content (AvgIpc) is 2.26. The number of halogens is 1. The minimum atomic E-state index is -3.53. The molecule has 0 radical (unpaired) electrons. The van der Waals surface area contributed by atoms with E-state index in [0.717, 1.165) is 12.1 Å². The Morgan fingerprint density at radius 2 is 2.12 bits per heavy atom. The van der Waals surface area contributed by atoms with E-state index in [-0.39, 0.29) is 22.9 Å². The zero-order valence-electron chi connectivity index (χ0n) is 8.94. The Bertz CT molecular complexity index is 459. The molecule has 1 aromatic rings. The minimum absolute atomic E-state index is 0.108. The molecule has 4 nitrogen and oxygen atoms in total. The number of benzene rings is 1. The molecule has 2 N–H and O–H groups in total. The highest BCUT2D eigenvalue weighted by Crippen LogP contribution is 2.25. The molecule has 0 spiro atoms. The molecule has 0 fully saturated rings. The summed E-state index contributed by atoms with van der Waals surface area (Å²) in [6.45, 7) is 0.275. The summed E-state index contributed by atoms with van der Waals surface area (Å²) in [5, 5.41) is 0. The fourth-order valence-electron chi connectivity index (χ4n) is 1.28. The molecule has 6 heteroatoms. The standard InChI is InChI=1S/C10H14FNO3S/c1-15-9-4-3-8(11)7-10(9)16(13,14)6-2-5-12/h3-4,7H,2,5-6,12H2,1H3. The molecule has 0 aliphatic heterocycles. The molecular weight excluding hydrogens is 233 g/mol. The third kappa shape index (κ3) is 2.93. The lowest BCUT2D eigenvalue weighted by Crippen LogP contribution is -2.12. The molecule has 0 bridgehead atoms. The summed E-state index contributed by atoms with van der Waals surface area (Å²) in [7, 11) is -2.19. The third-order valence-corrected chi connectivity index (χ3v) is 3.89.